The molecule has 1 fully saturated rings. The molecule has 0 aromatic heterocycles. The van der Waals surface area contributed by atoms with E-state index in [1.807, 2.05) is 0 Å². The van der Waals surface area contributed by atoms with Gasteiger partial charge in [-0.25, -0.2) is 8.42 Å². The van der Waals surface area contributed by atoms with E-state index < -0.39 is 10.0 Å². The number of hydrogen-bond donors (Lipinski definition) is 0. The number of benzene rings is 1. The van der Waals surface area contributed by atoms with Crippen molar-refractivity contribution in [3.63, 3.8) is 0 Å². The maximum atomic E-state index is 12.7. The summed E-state index contributed by atoms with van der Waals surface area (Å²) in [5.74, 6) is 0. The highest BCUT2D eigenvalue weighted by molar-refractivity contribution is 7.89. The van der Waals surface area contributed by atoms with Gasteiger partial charge in [0.25, 0.3) is 0 Å². The number of halogens is 1. The molecule has 19 heavy (non-hydrogen) atoms. The van der Waals surface area contributed by atoms with Crippen molar-refractivity contribution in [2.45, 2.75) is 36.6 Å². The van der Waals surface area contributed by atoms with Gasteiger partial charge in [-0.2, -0.15) is 4.31 Å². The van der Waals surface area contributed by atoms with E-state index in [-0.39, 0.29) is 6.04 Å². The first-order chi connectivity index (χ1) is 9.05. The van der Waals surface area contributed by atoms with Gasteiger partial charge in [-0.1, -0.05) is 30.5 Å². The van der Waals surface area contributed by atoms with Crippen LogP contribution in [-0.4, -0.2) is 25.3 Å². The third kappa shape index (κ3) is 3.19. The first-order valence-corrected chi connectivity index (χ1v) is 8.26. The molecular formula is C14H18ClNO2S. The molecule has 1 aliphatic carbocycles. The average molecular weight is 300 g/mol. The van der Waals surface area contributed by atoms with Crippen molar-refractivity contribution < 1.29 is 8.42 Å². The molecule has 0 aliphatic heterocycles. The molecular weight excluding hydrogens is 282 g/mol. The van der Waals surface area contributed by atoms with E-state index in [2.05, 4.69) is 6.58 Å². The Morgan fingerprint density at radius 3 is 2.37 bits per heavy atom. The van der Waals surface area contributed by atoms with E-state index in [1.54, 1.807) is 34.6 Å². The summed E-state index contributed by atoms with van der Waals surface area (Å²) in [5, 5.41) is 0.537. The third-order valence-corrected chi connectivity index (χ3v) is 5.65. The van der Waals surface area contributed by atoms with Gasteiger partial charge in [0.1, 0.15) is 0 Å². The van der Waals surface area contributed by atoms with Crippen molar-refractivity contribution in [2.24, 2.45) is 0 Å². The van der Waals surface area contributed by atoms with E-state index >= 15 is 0 Å². The maximum Gasteiger partial charge on any atom is 0.243 e. The molecule has 1 aliphatic rings. The highest BCUT2D eigenvalue weighted by atomic mass is 35.5. The number of hydrogen-bond acceptors (Lipinski definition) is 2. The molecule has 0 amide bonds. The average Bonchev–Trinajstić information content (AvgIpc) is 2.89. The summed E-state index contributed by atoms with van der Waals surface area (Å²) in [6.45, 7) is 4.02. The Morgan fingerprint density at radius 2 is 1.84 bits per heavy atom. The zero-order valence-electron chi connectivity index (χ0n) is 10.8. The van der Waals surface area contributed by atoms with Gasteiger partial charge in [-0.15, -0.1) is 6.58 Å². The summed E-state index contributed by atoms with van der Waals surface area (Å²) in [6, 6.07) is 6.43. The molecule has 0 saturated heterocycles. The fourth-order valence-electron chi connectivity index (χ4n) is 2.50. The van der Waals surface area contributed by atoms with Crippen molar-refractivity contribution >= 4 is 21.6 Å². The summed E-state index contributed by atoms with van der Waals surface area (Å²) >= 11 is 5.80. The molecule has 0 heterocycles. The van der Waals surface area contributed by atoms with Gasteiger partial charge in [-0.3, -0.25) is 0 Å². The van der Waals surface area contributed by atoms with E-state index in [0.717, 1.165) is 25.7 Å². The molecule has 0 atom stereocenters. The van der Waals surface area contributed by atoms with Crippen LogP contribution < -0.4 is 0 Å². The molecule has 104 valence electrons. The van der Waals surface area contributed by atoms with E-state index in [1.165, 1.54) is 0 Å². The summed E-state index contributed by atoms with van der Waals surface area (Å²) in [6.07, 6.45) is 5.69. The van der Waals surface area contributed by atoms with Gasteiger partial charge in [0.05, 0.1) is 4.90 Å². The van der Waals surface area contributed by atoms with Crippen LogP contribution in [0.25, 0.3) is 0 Å². The molecule has 1 aromatic rings. The first-order valence-electron chi connectivity index (χ1n) is 6.44. The number of rotatable bonds is 5. The van der Waals surface area contributed by atoms with Gasteiger partial charge >= 0.3 is 0 Å². The normalized spacial score (nSPS) is 16.9. The lowest BCUT2D eigenvalue weighted by molar-refractivity contribution is 0.347. The second-order valence-electron chi connectivity index (χ2n) is 4.76. The molecule has 1 saturated carbocycles. The zero-order chi connectivity index (χ0) is 13.9. The van der Waals surface area contributed by atoms with Crippen molar-refractivity contribution in [3.8, 4) is 0 Å². The van der Waals surface area contributed by atoms with Crippen molar-refractivity contribution in [1.82, 2.24) is 4.31 Å². The van der Waals surface area contributed by atoms with Crippen LogP contribution in [0, 0.1) is 0 Å². The molecule has 5 heteroatoms. The van der Waals surface area contributed by atoms with Crippen LogP contribution in [0.4, 0.5) is 0 Å². The smallest absolute Gasteiger partial charge is 0.207 e. The predicted octanol–water partition coefficient (Wildman–Crippen LogP) is 3.46. The van der Waals surface area contributed by atoms with E-state index in [9.17, 15) is 8.42 Å². The first kappa shape index (κ1) is 14.6. The highest BCUT2D eigenvalue weighted by Gasteiger charge is 2.32. The van der Waals surface area contributed by atoms with Crippen LogP contribution >= 0.6 is 11.6 Å². The van der Waals surface area contributed by atoms with Crippen molar-refractivity contribution in [2.75, 3.05) is 6.54 Å². The number of nitrogens with zero attached hydrogens (tertiary/aromatic N) is 1. The topological polar surface area (TPSA) is 37.4 Å². The van der Waals surface area contributed by atoms with Crippen LogP contribution in [0.1, 0.15) is 25.7 Å². The van der Waals surface area contributed by atoms with Crippen molar-refractivity contribution in [3.05, 3.63) is 41.9 Å². The Morgan fingerprint density at radius 1 is 1.26 bits per heavy atom. The van der Waals surface area contributed by atoms with Gasteiger partial charge in [0.2, 0.25) is 10.0 Å². The molecule has 2 rings (SSSR count). The standard InChI is InChI=1S/C14H18ClNO2S/c1-2-11-16(13-5-3-4-6-13)19(17,18)14-9-7-12(15)8-10-14/h2,7-10,13H,1,3-6,11H2. The van der Waals surface area contributed by atoms with Gasteiger partial charge in [0, 0.05) is 17.6 Å². The van der Waals surface area contributed by atoms with Crippen molar-refractivity contribution in [1.29, 1.82) is 0 Å². The minimum Gasteiger partial charge on any atom is -0.207 e. The fourth-order valence-corrected chi connectivity index (χ4v) is 4.29. The Balaban J connectivity index is 2.33. The summed E-state index contributed by atoms with van der Waals surface area (Å²) in [4.78, 5) is 0.297. The third-order valence-electron chi connectivity index (χ3n) is 3.46. The van der Waals surface area contributed by atoms with E-state index in [0.29, 0.717) is 16.5 Å². The monoisotopic (exact) mass is 299 g/mol. The maximum absolute atomic E-state index is 12.7. The second kappa shape index (κ2) is 6.07. The summed E-state index contributed by atoms with van der Waals surface area (Å²) < 4.78 is 26.9. The van der Waals surface area contributed by atoms with Gasteiger partial charge in [0.15, 0.2) is 0 Å². The molecule has 1 aromatic carbocycles. The Bertz CT molecular complexity index is 533. The van der Waals surface area contributed by atoms with Gasteiger partial charge < -0.3 is 0 Å². The van der Waals surface area contributed by atoms with Crippen LogP contribution in [0.3, 0.4) is 0 Å². The summed E-state index contributed by atoms with van der Waals surface area (Å²) in [5.41, 5.74) is 0. The largest absolute Gasteiger partial charge is 0.243 e. The molecule has 0 spiro atoms. The SMILES string of the molecule is C=CCN(C1CCCC1)S(=O)(=O)c1ccc(Cl)cc1. The minimum absolute atomic E-state index is 0.0960. The fraction of sp³-hybridized carbons (Fsp3) is 0.429. The Kier molecular flexibility index (Phi) is 4.66. The zero-order valence-corrected chi connectivity index (χ0v) is 12.3. The van der Waals surface area contributed by atoms with Crippen LogP contribution in [0.2, 0.25) is 5.02 Å². The molecule has 0 bridgehead atoms. The van der Waals surface area contributed by atoms with E-state index in [4.69, 9.17) is 11.6 Å². The molecule has 3 nitrogen and oxygen atoms in total. The Labute approximate surface area is 119 Å². The predicted molar refractivity (Wildman–Crippen MR) is 77.8 cm³/mol. The molecule has 0 unspecified atom stereocenters. The van der Waals surface area contributed by atoms with Crippen LogP contribution in [-0.2, 0) is 10.0 Å². The second-order valence-corrected chi connectivity index (χ2v) is 7.08. The lowest BCUT2D eigenvalue weighted by Gasteiger charge is -2.26. The highest BCUT2D eigenvalue weighted by Crippen LogP contribution is 2.28. The van der Waals surface area contributed by atoms with Gasteiger partial charge in [-0.05, 0) is 37.1 Å². The lowest BCUT2D eigenvalue weighted by Crippen LogP contribution is -2.38. The molecule has 0 radical (unpaired) electrons. The molecule has 0 N–H and O–H groups in total. The van der Waals surface area contributed by atoms with Crippen LogP contribution in [0.5, 0.6) is 0 Å². The quantitative estimate of drug-likeness (QED) is 0.781. The minimum atomic E-state index is -3.46. The lowest BCUT2D eigenvalue weighted by atomic mass is 10.2. The summed E-state index contributed by atoms with van der Waals surface area (Å²) in [7, 11) is -3.46. The van der Waals surface area contributed by atoms with Crippen LogP contribution in [0.15, 0.2) is 41.8 Å². The number of sulfonamides is 1. The Hall–Kier alpha value is -0.840.